The van der Waals surface area contributed by atoms with Gasteiger partial charge in [-0.2, -0.15) is 14.9 Å². The van der Waals surface area contributed by atoms with Crippen molar-refractivity contribution < 1.29 is 9.53 Å². The molecule has 176 valence electrons. The smallest absolute Gasteiger partial charge is 0.256 e. The maximum absolute atomic E-state index is 13.0. The molecular formula is C25H22ClN7O2. The number of aromatic nitrogens is 6. The molecule has 1 amide bonds. The first-order valence-electron chi connectivity index (χ1n) is 11.0. The van der Waals surface area contributed by atoms with Crippen LogP contribution in [0.2, 0.25) is 5.02 Å². The van der Waals surface area contributed by atoms with Gasteiger partial charge in [-0.15, -0.1) is 0 Å². The van der Waals surface area contributed by atoms with Crippen LogP contribution in [-0.4, -0.2) is 41.5 Å². The minimum absolute atomic E-state index is 0.0562. The lowest BCUT2D eigenvalue weighted by Crippen LogP contribution is -2.16. The Bertz CT molecular complexity index is 1510. The van der Waals surface area contributed by atoms with Crippen molar-refractivity contribution in [2.75, 3.05) is 5.32 Å². The standard InChI is InChI=1S/C25H22ClN7O2/c1-15(2)35-20-10-4-17(5-11-20)25(34)30-22-12-16(3)31-33(22)24-21-13-29-32(23(21)27-14-28-24)19-8-6-18(26)7-9-19/h4-15H,1-3H3,(H,30,34). The number of aryl methyl sites for hydroxylation is 1. The minimum atomic E-state index is -0.274. The number of carbonyl (C=O) groups excluding carboxylic acids is 1. The molecular weight excluding hydrogens is 466 g/mol. The number of nitrogens with zero attached hydrogens (tertiary/aromatic N) is 6. The van der Waals surface area contributed by atoms with Gasteiger partial charge in [0, 0.05) is 16.7 Å². The van der Waals surface area contributed by atoms with E-state index in [1.807, 2.05) is 32.9 Å². The number of fused-ring (bicyclic) bond motifs is 1. The van der Waals surface area contributed by atoms with Crippen molar-refractivity contribution in [3.05, 3.63) is 83.4 Å². The zero-order valence-corrected chi connectivity index (χ0v) is 20.1. The first kappa shape index (κ1) is 22.5. The number of anilines is 1. The van der Waals surface area contributed by atoms with Crippen LogP contribution in [-0.2, 0) is 0 Å². The quantitative estimate of drug-likeness (QED) is 0.361. The van der Waals surface area contributed by atoms with E-state index in [9.17, 15) is 4.79 Å². The molecule has 0 aliphatic heterocycles. The Labute approximate surface area is 206 Å². The van der Waals surface area contributed by atoms with Crippen LogP contribution in [0.1, 0.15) is 29.9 Å². The summed E-state index contributed by atoms with van der Waals surface area (Å²) in [4.78, 5) is 21.8. The van der Waals surface area contributed by atoms with Crippen molar-refractivity contribution >= 4 is 34.4 Å². The van der Waals surface area contributed by atoms with Crippen LogP contribution >= 0.6 is 11.6 Å². The molecule has 9 nitrogen and oxygen atoms in total. The summed E-state index contributed by atoms with van der Waals surface area (Å²) >= 11 is 6.02. The highest BCUT2D eigenvalue weighted by Crippen LogP contribution is 2.25. The molecule has 3 heterocycles. The second kappa shape index (κ2) is 9.19. The third-order valence-electron chi connectivity index (χ3n) is 5.18. The van der Waals surface area contributed by atoms with Gasteiger partial charge in [0.15, 0.2) is 11.5 Å². The van der Waals surface area contributed by atoms with Gasteiger partial charge >= 0.3 is 0 Å². The summed E-state index contributed by atoms with van der Waals surface area (Å²) in [7, 11) is 0. The van der Waals surface area contributed by atoms with Gasteiger partial charge < -0.3 is 10.1 Å². The summed E-state index contributed by atoms with van der Waals surface area (Å²) in [5.41, 5.74) is 2.63. The largest absolute Gasteiger partial charge is 0.491 e. The van der Waals surface area contributed by atoms with E-state index < -0.39 is 0 Å². The highest BCUT2D eigenvalue weighted by atomic mass is 35.5. The van der Waals surface area contributed by atoms with Crippen LogP contribution < -0.4 is 10.1 Å². The van der Waals surface area contributed by atoms with Crippen LogP contribution in [0.25, 0.3) is 22.5 Å². The van der Waals surface area contributed by atoms with E-state index in [0.29, 0.717) is 39.0 Å². The number of ether oxygens (including phenoxy) is 1. The van der Waals surface area contributed by atoms with Gasteiger partial charge in [0.1, 0.15) is 17.9 Å². The fourth-order valence-electron chi connectivity index (χ4n) is 3.67. The van der Waals surface area contributed by atoms with Crippen LogP contribution in [0.15, 0.2) is 67.1 Å². The monoisotopic (exact) mass is 487 g/mol. The lowest BCUT2D eigenvalue weighted by Gasteiger charge is -2.11. The van der Waals surface area contributed by atoms with Crippen molar-refractivity contribution in [3.63, 3.8) is 0 Å². The summed E-state index contributed by atoms with van der Waals surface area (Å²) in [5, 5.41) is 13.3. The van der Waals surface area contributed by atoms with Crippen LogP contribution in [0.4, 0.5) is 5.82 Å². The maximum Gasteiger partial charge on any atom is 0.256 e. The Hall–Kier alpha value is -4.24. The number of hydrogen-bond acceptors (Lipinski definition) is 6. The summed E-state index contributed by atoms with van der Waals surface area (Å²) in [5.74, 6) is 1.41. The third-order valence-corrected chi connectivity index (χ3v) is 5.43. The fraction of sp³-hybridized carbons (Fsp3) is 0.160. The molecule has 0 saturated heterocycles. The second-order valence-corrected chi connectivity index (χ2v) is 8.63. The average Bonchev–Trinajstić information content (AvgIpc) is 3.43. The Morgan fingerprint density at radius 1 is 1.03 bits per heavy atom. The SMILES string of the molecule is Cc1cc(NC(=O)c2ccc(OC(C)C)cc2)n(-c2ncnc3c2cnn3-c2ccc(Cl)cc2)n1. The van der Waals surface area contributed by atoms with E-state index >= 15 is 0 Å². The van der Waals surface area contributed by atoms with Crippen molar-refractivity contribution in [1.29, 1.82) is 0 Å². The number of benzene rings is 2. The molecule has 3 aromatic heterocycles. The lowest BCUT2D eigenvalue weighted by atomic mass is 10.2. The summed E-state index contributed by atoms with van der Waals surface area (Å²) in [6.07, 6.45) is 3.18. The maximum atomic E-state index is 13.0. The first-order valence-corrected chi connectivity index (χ1v) is 11.4. The molecule has 0 radical (unpaired) electrons. The van der Waals surface area contributed by atoms with Gasteiger partial charge in [0.25, 0.3) is 5.91 Å². The van der Waals surface area contributed by atoms with Gasteiger partial charge in [0.05, 0.1) is 29.1 Å². The van der Waals surface area contributed by atoms with Gasteiger partial charge in [0.2, 0.25) is 0 Å². The second-order valence-electron chi connectivity index (χ2n) is 8.20. The van der Waals surface area contributed by atoms with E-state index in [1.165, 1.54) is 6.33 Å². The zero-order valence-electron chi connectivity index (χ0n) is 19.3. The van der Waals surface area contributed by atoms with Gasteiger partial charge in [-0.1, -0.05) is 11.6 Å². The summed E-state index contributed by atoms with van der Waals surface area (Å²) in [6.45, 7) is 5.75. The van der Waals surface area contributed by atoms with Crippen molar-refractivity contribution in [1.82, 2.24) is 29.5 Å². The highest BCUT2D eigenvalue weighted by molar-refractivity contribution is 6.30. The molecule has 0 bridgehead atoms. The fourth-order valence-corrected chi connectivity index (χ4v) is 3.79. The molecule has 35 heavy (non-hydrogen) atoms. The molecule has 0 fully saturated rings. The Morgan fingerprint density at radius 2 is 1.77 bits per heavy atom. The zero-order chi connectivity index (χ0) is 24.5. The molecule has 5 rings (SSSR count). The molecule has 1 N–H and O–H groups in total. The predicted octanol–water partition coefficient (Wildman–Crippen LogP) is 5.00. The van der Waals surface area contributed by atoms with Crippen molar-refractivity contribution in [2.24, 2.45) is 0 Å². The first-order chi connectivity index (χ1) is 16.9. The molecule has 0 atom stereocenters. The van der Waals surface area contributed by atoms with Gasteiger partial charge in [-0.25, -0.2) is 14.6 Å². The van der Waals surface area contributed by atoms with Crippen LogP contribution in [0.3, 0.4) is 0 Å². The number of hydrogen-bond donors (Lipinski definition) is 1. The topological polar surface area (TPSA) is 99.7 Å². The molecule has 0 unspecified atom stereocenters. The highest BCUT2D eigenvalue weighted by Gasteiger charge is 2.18. The van der Waals surface area contributed by atoms with Gasteiger partial charge in [-0.05, 0) is 69.3 Å². The van der Waals surface area contributed by atoms with E-state index in [2.05, 4.69) is 25.5 Å². The number of nitrogens with one attached hydrogen (secondary N) is 1. The molecule has 0 spiro atoms. The van der Waals surface area contributed by atoms with Crippen molar-refractivity contribution in [3.8, 4) is 17.3 Å². The summed E-state index contributed by atoms with van der Waals surface area (Å²) < 4.78 is 8.94. The molecule has 0 aliphatic rings. The Kier molecular flexibility index (Phi) is 5.92. The van der Waals surface area contributed by atoms with Gasteiger partial charge in [-0.3, -0.25) is 4.79 Å². The third kappa shape index (κ3) is 4.58. The average molecular weight is 488 g/mol. The Balaban J connectivity index is 1.48. The van der Waals surface area contributed by atoms with Crippen molar-refractivity contribution in [2.45, 2.75) is 26.9 Å². The number of amides is 1. The van der Waals surface area contributed by atoms with E-state index in [4.69, 9.17) is 16.3 Å². The Morgan fingerprint density at radius 3 is 2.49 bits per heavy atom. The molecule has 5 aromatic rings. The number of halogens is 1. The van der Waals surface area contributed by atoms with E-state index in [-0.39, 0.29) is 12.0 Å². The normalized spacial score (nSPS) is 11.2. The van der Waals surface area contributed by atoms with E-state index in [1.54, 1.807) is 58.0 Å². The lowest BCUT2D eigenvalue weighted by molar-refractivity contribution is 0.102. The van der Waals surface area contributed by atoms with Crippen LogP contribution in [0, 0.1) is 6.92 Å². The molecule has 0 saturated carbocycles. The van der Waals surface area contributed by atoms with Crippen LogP contribution in [0.5, 0.6) is 5.75 Å². The minimum Gasteiger partial charge on any atom is -0.491 e. The predicted molar refractivity (Wildman–Crippen MR) is 134 cm³/mol. The number of rotatable bonds is 6. The number of carbonyl (C=O) groups is 1. The van der Waals surface area contributed by atoms with E-state index in [0.717, 1.165) is 11.4 Å². The molecule has 2 aromatic carbocycles. The molecule has 0 aliphatic carbocycles. The molecule has 10 heteroatoms. The summed E-state index contributed by atoms with van der Waals surface area (Å²) in [6, 6.07) is 16.1.